The Morgan fingerprint density at radius 2 is 2.09 bits per heavy atom. The van der Waals surface area contributed by atoms with Crippen molar-refractivity contribution in [1.82, 2.24) is 15.1 Å². The highest BCUT2D eigenvalue weighted by Gasteiger charge is 2.21. The van der Waals surface area contributed by atoms with Gasteiger partial charge in [0.1, 0.15) is 6.04 Å². The molecule has 0 unspecified atom stereocenters. The molecule has 1 aromatic carbocycles. The predicted octanol–water partition coefficient (Wildman–Crippen LogP) is 2.55. The third-order valence-electron chi connectivity index (χ3n) is 3.66. The molecule has 6 heteroatoms. The Kier molecular flexibility index (Phi) is 5.51. The summed E-state index contributed by atoms with van der Waals surface area (Å²) in [4.78, 5) is 23.4. The highest BCUT2D eigenvalue weighted by atomic mass is 16.4. The standard InChI is InChI=1S/C17H21N3O3/c1-3-4-8-14(17(22)23)19-16(21)13-10-18-20(11-13)15-9-6-5-7-12(15)2/h5-7,9-11,14H,3-4,8H2,1-2H3,(H,19,21)(H,22,23)/t14-/m0/s1. The summed E-state index contributed by atoms with van der Waals surface area (Å²) in [7, 11) is 0. The van der Waals surface area contributed by atoms with Gasteiger partial charge in [-0.3, -0.25) is 4.79 Å². The van der Waals surface area contributed by atoms with Gasteiger partial charge < -0.3 is 10.4 Å². The van der Waals surface area contributed by atoms with E-state index >= 15 is 0 Å². The molecular formula is C17H21N3O3. The molecule has 0 fully saturated rings. The van der Waals surface area contributed by atoms with E-state index in [1.165, 1.54) is 6.20 Å². The summed E-state index contributed by atoms with van der Waals surface area (Å²) in [6.07, 6.45) is 5.10. The molecule has 0 bridgehead atoms. The minimum absolute atomic E-state index is 0.344. The van der Waals surface area contributed by atoms with Gasteiger partial charge in [-0.25, -0.2) is 9.48 Å². The van der Waals surface area contributed by atoms with E-state index < -0.39 is 17.9 Å². The van der Waals surface area contributed by atoms with Crippen molar-refractivity contribution in [3.63, 3.8) is 0 Å². The molecule has 0 spiro atoms. The van der Waals surface area contributed by atoms with E-state index in [-0.39, 0.29) is 0 Å². The number of carbonyl (C=O) groups excluding carboxylic acids is 1. The second kappa shape index (κ2) is 7.58. The van der Waals surface area contributed by atoms with Crippen LogP contribution in [0.5, 0.6) is 0 Å². The van der Waals surface area contributed by atoms with Crippen LogP contribution in [0.4, 0.5) is 0 Å². The molecule has 0 radical (unpaired) electrons. The first-order valence-electron chi connectivity index (χ1n) is 7.67. The molecule has 122 valence electrons. The zero-order valence-electron chi connectivity index (χ0n) is 13.3. The van der Waals surface area contributed by atoms with E-state index in [4.69, 9.17) is 0 Å². The molecule has 1 amide bonds. The summed E-state index contributed by atoms with van der Waals surface area (Å²) >= 11 is 0. The van der Waals surface area contributed by atoms with Gasteiger partial charge >= 0.3 is 5.97 Å². The lowest BCUT2D eigenvalue weighted by molar-refractivity contribution is -0.139. The Bertz CT molecular complexity index is 694. The molecule has 0 saturated heterocycles. The number of carbonyl (C=O) groups is 2. The predicted molar refractivity (Wildman–Crippen MR) is 86.7 cm³/mol. The Morgan fingerprint density at radius 3 is 2.74 bits per heavy atom. The van der Waals surface area contributed by atoms with Crippen molar-refractivity contribution < 1.29 is 14.7 Å². The molecule has 2 rings (SSSR count). The number of hydrogen-bond donors (Lipinski definition) is 2. The lowest BCUT2D eigenvalue weighted by Crippen LogP contribution is -2.40. The molecule has 0 aliphatic rings. The molecule has 0 aliphatic carbocycles. The quantitative estimate of drug-likeness (QED) is 0.822. The van der Waals surface area contributed by atoms with E-state index in [9.17, 15) is 14.7 Å². The van der Waals surface area contributed by atoms with Crippen molar-refractivity contribution >= 4 is 11.9 Å². The lowest BCUT2D eigenvalue weighted by atomic mass is 10.1. The number of aromatic nitrogens is 2. The van der Waals surface area contributed by atoms with Crippen molar-refractivity contribution in [3.8, 4) is 5.69 Å². The first-order valence-corrected chi connectivity index (χ1v) is 7.67. The van der Waals surface area contributed by atoms with Gasteiger partial charge in [0.25, 0.3) is 5.91 Å². The zero-order valence-corrected chi connectivity index (χ0v) is 13.3. The van der Waals surface area contributed by atoms with Crippen LogP contribution in [0, 0.1) is 6.92 Å². The molecule has 0 saturated carbocycles. The number of carboxylic acid groups (broad SMARTS) is 1. The zero-order chi connectivity index (χ0) is 16.8. The maximum Gasteiger partial charge on any atom is 0.326 e. The number of hydrogen-bond acceptors (Lipinski definition) is 3. The number of nitrogens with zero attached hydrogens (tertiary/aromatic N) is 2. The summed E-state index contributed by atoms with van der Waals surface area (Å²) in [6.45, 7) is 3.94. The highest BCUT2D eigenvalue weighted by molar-refractivity contribution is 5.96. The molecule has 6 nitrogen and oxygen atoms in total. The summed E-state index contributed by atoms with van der Waals surface area (Å²) < 4.78 is 1.62. The van der Waals surface area contributed by atoms with Crippen molar-refractivity contribution in [2.24, 2.45) is 0 Å². The van der Waals surface area contributed by atoms with Gasteiger partial charge in [-0.1, -0.05) is 38.0 Å². The summed E-state index contributed by atoms with van der Waals surface area (Å²) in [5.74, 6) is -1.44. The minimum atomic E-state index is -1.02. The SMILES string of the molecule is CCCC[C@H](NC(=O)c1cnn(-c2ccccc2C)c1)C(=O)O. The van der Waals surface area contributed by atoms with Crippen LogP contribution in [0.1, 0.15) is 42.1 Å². The molecule has 1 atom stereocenters. The second-order valence-corrected chi connectivity index (χ2v) is 5.47. The number of unbranched alkanes of at least 4 members (excludes halogenated alkanes) is 1. The fraction of sp³-hybridized carbons (Fsp3) is 0.353. The number of benzene rings is 1. The van der Waals surface area contributed by atoms with Crippen molar-refractivity contribution in [1.29, 1.82) is 0 Å². The van der Waals surface area contributed by atoms with Gasteiger partial charge in [0.15, 0.2) is 0 Å². The van der Waals surface area contributed by atoms with Crippen LogP contribution in [0.15, 0.2) is 36.7 Å². The van der Waals surface area contributed by atoms with Crippen LogP contribution in [0.3, 0.4) is 0 Å². The molecule has 1 heterocycles. The lowest BCUT2D eigenvalue weighted by Gasteiger charge is -2.13. The van der Waals surface area contributed by atoms with Crippen LogP contribution >= 0.6 is 0 Å². The summed E-state index contributed by atoms with van der Waals surface area (Å²) in [5.41, 5.74) is 2.26. The third kappa shape index (κ3) is 4.18. The van der Waals surface area contributed by atoms with E-state index in [1.54, 1.807) is 10.9 Å². The Morgan fingerprint density at radius 1 is 1.35 bits per heavy atom. The Balaban J connectivity index is 2.12. The van der Waals surface area contributed by atoms with Crippen molar-refractivity contribution in [3.05, 3.63) is 47.8 Å². The maximum atomic E-state index is 12.2. The Hall–Kier alpha value is -2.63. The number of amides is 1. The smallest absolute Gasteiger partial charge is 0.326 e. The second-order valence-electron chi connectivity index (χ2n) is 5.47. The van der Waals surface area contributed by atoms with Gasteiger partial charge in [-0.05, 0) is 25.0 Å². The van der Waals surface area contributed by atoms with Crippen LogP contribution in [-0.4, -0.2) is 32.8 Å². The fourth-order valence-electron chi connectivity index (χ4n) is 2.30. The average Bonchev–Trinajstić information content (AvgIpc) is 3.01. The topological polar surface area (TPSA) is 84.2 Å². The van der Waals surface area contributed by atoms with Crippen LogP contribution < -0.4 is 5.32 Å². The minimum Gasteiger partial charge on any atom is -0.480 e. The first kappa shape index (κ1) is 16.7. The largest absolute Gasteiger partial charge is 0.480 e. The molecule has 1 aromatic heterocycles. The number of aryl methyl sites for hydroxylation is 1. The van der Waals surface area contributed by atoms with E-state index in [2.05, 4.69) is 10.4 Å². The summed E-state index contributed by atoms with van der Waals surface area (Å²) in [6, 6.07) is 6.83. The molecule has 0 aliphatic heterocycles. The van der Waals surface area contributed by atoms with Gasteiger partial charge in [0.05, 0.1) is 17.4 Å². The number of aliphatic carboxylic acids is 1. The van der Waals surface area contributed by atoms with Gasteiger partial charge in [-0.15, -0.1) is 0 Å². The first-order chi connectivity index (χ1) is 11.0. The molecule has 2 aromatic rings. The van der Waals surface area contributed by atoms with Crippen molar-refractivity contribution in [2.45, 2.75) is 39.2 Å². The van der Waals surface area contributed by atoms with Crippen LogP contribution in [0.2, 0.25) is 0 Å². The molecule has 2 N–H and O–H groups in total. The molecular weight excluding hydrogens is 294 g/mol. The number of para-hydroxylation sites is 1. The maximum absolute atomic E-state index is 12.2. The van der Waals surface area contributed by atoms with Gasteiger partial charge in [0, 0.05) is 6.20 Å². The highest BCUT2D eigenvalue weighted by Crippen LogP contribution is 2.13. The number of carboxylic acids is 1. The van der Waals surface area contributed by atoms with Crippen LogP contribution in [0.25, 0.3) is 5.69 Å². The number of nitrogens with one attached hydrogen (secondary N) is 1. The van der Waals surface area contributed by atoms with E-state index in [0.717, 1.165) is 24.1 Å². The van der Waals surface area contributed by atoms with E-state index in [0.29, 0.717) is 12.0 Å². The Labute approximate surface area is 135 Å². The fourth-order valence-corrected chi connectivity index (χ4v) is 2.30. The molecule has 23 heavy (non-hydrogen) atoms. The van der Waals surface area contributed by atoms with Crippen LogP contribution in [-0.2, 0) is 4.79 Å². The number of rotatable bonds is 7. The van der Waals surface area contributed by atoms with Gasteiger partial charge in [-0.2, -0.15) is 5.10 Å². The third-order valence-corrected chi connectivity index (χ3v) is 3.66. The monoisotopic (exact) mass is 315 g/mol. The normalized spacial score (nSPS) is 11.9. The van der Waals surface area contributed by atoms with E-state index in [1.807, 2.05) is 38.1 Å². The van der Waals surface area contributed by atoms with Gasteiger partial charge in [0.2, 0.25) is 0 Å². The summed E-state index contributed by atoms with van der Waals surface area (Å²) in [5, 5.41) is 15.9. The van der Waals surface area contributed by atoms with Crippen molar-refractivity contribution in [2.75, 3.05) is 0 Å². The average molecular weight is 315 g/mol.